The molecule has 2 atom stereocenters. The minimum atomic E-state index is -0.624. The highest BCUT2D eigenvalue weighted by Crippen LogP contribution is 2.14. The van der Waals surface area contributed by atoms with Gasteiger partial charge in [0.1, 0.15) is 0 Å². The van der Waals surface area contributed by atoms with E-state index in [0.717, 1.165) is 19.3 Å². The minimum absolute atomic E-state index is 0.123. The van der Waals surface area contributed by atoms with Crippen LogP contribution in [-0.2, 0) is 14.4 Å². The number of hydrogen-bond donors (Lipinski definition) is 3. The standard InChI is InChI=1S/C13H23N4O3/c14-6-2-1-5-11(15)13(20)16-8-12(19)17-7-3-4-10(17)9-18/h10-11H,1-8,14-15H2,(H,16,20)/t10-,11-/m0/s1. The fourth-order valence-electron chi connectivity index (χ4n) is 2.22. The van der Waals surface area contributed by atoms with Crippen molar-refractivity contribution in [1.82, 2.24) is 10.2 Å². The lowest BCUT2D eigenvalue weighted by Gasteiger charge is -2.20. The van der Waals surface area contributed by atoms with Crippen LogP contribution in [0.3, 0.4) is 0 Å². The Morgan fingerprint density at radius 2 is 2.15 bits per heavy atom. The molecule has 0 aromatic rings. The minimum Gasteiger partial charge on any atom is -0.346 e. The molecule has 0 aromatic carbocycles. The Morgan fingerprint density at radius 3 is 2.80 bits per heavy atom. The summed E-state index contributed by atoms with van der Waals surface area (Å²) < 4.78 is 0. The van der Waals surface area contributed by atoms with E-state index in [-0.39, 0.29) is 18.4 Å². The summed E-state index contributed by atoms with van der Waals surface area (Å²) in [6.45, 7) is 0.990. The Morgan fingerprint density at radius 1 is 1.40 bits per heavy atom. The number of likely N-dealkylation sites (tertiary alicyclic amines) is 1. The van der Waals surface area contributed by atoms with Gasteiger partial charge in [-0.05, 0) is 32.2 Å². The van der Waals surface area contributed by atoms with Crippen LogP contribution in [0.25, 0.3) is 0 Å². The molecule has 1 heterocycles. The van der Waals surface area contributed by atoms with Crippen LogP contribution in [0.5, 0.6) is 0 Å². The number of unbranched alkanes of at least 4 members (excludes halogenated alkanes) is 1. The van der Waals surface area contributed by atoms with Gasteiger partial charge in [0, 0.05) is 6.54 Å². The highest BCUT2D eigenvalue weighted by atomic mass is 16.2. The smallest absolute Gasteiger partial charge is 0.242 e. The van der Waals surface area contributed by atoms with E-state index < -0.39 is 12.1 Å². The molecule has 0 aromatic heterocycles. The molecule has 1 aliphatic rings. The van der Waals surface area contributed by atoms with E-state index in [2.05, 4.69) is 5.32 Å². The highest BCUT2D eigenvalue weighted by molar-refractivity contribution is 5.88. The van der Waals surface area contributed by atoms with Gasteiger partial charge >= 0.3 is 0 Å². The van der Waals surface area contributed by atoms with Gasteiger partial charge in [0.25, 0.3) is 0 Å². The number of hydrogen-bond acceptors (Lipinski definition) is 5. The SMILES string of the molecule is NCCCC[C@H](N)C(=O)NCC(=O)N1CCC[C@H]1[C]=O. The molecule has 20 heavy (non-hydrogen) atoms. The Bertz CT molecular complexity index is 349. The average molecular weight is 283 g/mol. The second kappa shape index (κ2) is 8.65. The van der Waals surface area contributed by atoms with Crippen molar-refractivity contribution < 1.29 is 14.4 Å². The molecule has 7 heteroatoms. The van der Waals surface area contributed by atoms with Crippen LogP contribution >= 0.6 is 0 Å². The number of carbonyl (C=O) groups excluding carboxylic acids is 3. The van der Waals surface area contributed by atoms with Crippen LogP contribution in [-0.4, -0.2) is 54.7 Å². The fraction of sp³-hybridized carbons (Fsp3) is 0.769. The third-order valence-corrected chi connectivity index (χ3v) is 3.43. The number of nitrogens with two attached hydrogens (primary N) is 2. The number of amides is 2. The quantitative estimate of drug-likeness (QED) is 0.476. The Labute approximate surface area is 119 Å². The summed E-state index contributed by atoms with van der Waals surface area (Å²) in [5.41, 5.74) is 11.1. The molecule has 113 valence electrons. The molecule has 7 nitrogen and oxygen atoms in total. The predicted molar refractivity (Wildman–Crippen MR) is 74.3 cm³/mol. The van der Waals surface area contributed by atoms with Gasteiger partial charge in [-0.1, -0.05) is 6.42 Å². The summed E-state index contributed by atoms with van der Waals surface area (Å²) in [5, 5.41) is 2.51. The summed E-state index contributed by atoms with van der Waals surface area (Å²) in [4.78, 5) is 35.7. The average Bonchev–Trinajstić information content (AvgIpc) is 2.92. The predicted octanol–water partition coefficient (Wildman–Crippen LogP) is -1.34. The van der Waals surface area contributed by atoms with Gasteiger partial charge < -0.3 is 21.7 Å². The highest BCUT2D eigenvalue weighted by Gasteiger charge is 2.29. The van der Waals surface area contributed by atoms with Gasteiger partial charge in [0.15, 0.2) is 0 Å². The van der Waals surface area contributed by atoms with Crippen molar-refractivity contribution in [3.63, 3.8) is 0 Å². The van der Waals surface area contributed by atoms with Gasteiger partial charge in [-0.15, -0.1) is 0 Å². The van der Waals surface area contributed by atoms with Crippen LogP contribution in [0.1, 0.15) is 32.1 Å². The van der Waals surface area contributed by atoms with Gasteiger partial charge in [0.2, 0.25) is 18.1 Å². The Hall–Kier alpha value is -1.47. The molecule has 1 aliphatic heterocycles. The largest absolute Gasteiger partial charge is 0.346 e. The number of nitrogens with one attached hydrogen (secondary N) is 1. The van der Waals surface area contributed by atoms with Crippen molar-refractivity contribution in [1.29, 1.82) is 0 Å². The summed E-state index contributed by atoms with van der Waals surface area (Å²) in [6, 6.07) is -1.10. The third-order valence-electron chi connectivity index (χ3n) is 3.43. The summed E-state index contributed by atoms with van der Waals surface area (Å²) in [7, 11) is 0. The first kappa shape index (κ1) is 16.6. The fourth-order valence-corrected chi connectivity index (χ4v) is 2.22. The number of nitrogens with zero attached hydrogens (tertiary/aromatic N) is 1. The maximum Gasteiger partial charge on any atom is 0.242 e. The normalized spacial score (nSPS) is 19.7. The van der Waals surface area contributed by atoms with Crippen LogP contribution in [0.4, 0.5) is 0 Å². The summed E-state index contributed by atoms with van der Waals surface area (Å²) >= 11 is 0. The monoisotopic (exact) mass is 283 g/mol. The second-order valence-corrected chi connectivity index (χ2v) is 4.97. The van der Waals surface area contributed by atoms with E-state index in [0.29, 0.717) is 25.9 Å². The molecule has 0 bridgehead atoms. The zero-order valence-electron chi connectivity index (χ0n) is 11.6. The van der Waals surface area contributed by atoms with Crippen LogP contribution in [0.2, 0.25) is 0 Å². The molecule has 2 amide bonds. The van der Waals surface area contributed by atoms with Gasteiger partial charge in [0.05, 0.1) is 18.6 Å². The van der Waals surface area contributed by atoms with E-state index in [1.807, 2.05) is 6.29 Å². The van der Waals surface area contributed by atoms with E-state index >= 15 is 0 Å². The number of carbonyl (C=O) groups is 2. The van der Waals surface area contributed by atoms with E-state index in [1.165, 1.54) is 4.90 Å². The number of rotatable bonds is 8. The maximum atomic E-state index is 11.9. The molecule has 1 rings (SSSR count). The summed E-state index contributed by atoms with van der Waals surface area (Å²) in [5.74, 6) is -0.612. The van der Waals surface area contributed by atoms with E-state index in [4.69, 9.17) is 11.5 Å². The van der Waals surface area contributed by atoms with Gasteiger partial charge in [-0.2, -0.15) is 0 Å². The van der Waals surface area contributed by atoms with E-state index in [1.54, 1.807) is 0 Å². The van der Waals surface area contributed by atoms with Gasteiger partial charge in [-0.3, -0.25) is 14.4 Å². The first-order valence-electron chi connectivity index (χ1n) is 7.00. The zero-order valence-corrected chi connectivity index (χ0v) is 11.6. The second-order valence-electron chi connectivity index (χ2n) is 4.97. The molecular formula is C13H23N4O3. The molecule has 5 N–H and O–H groups in total. The van der Waals surface area contributed by atoms with Crippen molar-refractivity contribution in [2.45, 2.75) is 44.2 Å². The van der Waals surface area contributed by atoms with Crippen LogP contribution in [0, 0.1) is 0 Å². The molecule has 0 saturated carbocycles. The topological polar surface area (TPSA) is 119 Å². The van der Waals surface area contributed by atoms with E-state index in [9.17, 15) is 14.4 Å². The molecule has 0 spiro atoms. The molecule has 1 radical (unpaired) electrons. The molecule has 0 unspecified atom stereocenters. The molecule has 0 aliphatic carbocycles. The lowest BCUT2D eigenvalue weighted by Crippen LogP contribution is -2.47. The Balaban J connectivity index is 2.29. The first-order chi connectivity index (χ1) is 9.60. The molecule has 1 saturated heterocycles. The third kappa shape index (κ3) is 4.90. The molecule has 1 fully saturated rings. The van der Waals surface area contributed by atoms with Crippen molar-refractivity contribution in [3.8, 4) is 0 Å². The van der Waals surface area contributed by atoms with Crippen molar-refractivity contribution >= 4 is 18.1 Å². The van der Waals surface area contributed by atoms with Gasteiger partial charge in [-0.25, -0.2) is 0 Å². The van der Waals surface area contributed by atoms with Crippen molar-refractivity contribution in [2.75, 3.05) is 19.6 Å². The molecular weight excluding hydrogens is 260 g/mol. The lowest BCUT2D eigenvalue weighted by atomic mass is 10.1. The lowest BCUT2D eigenvalue weighted by molar-refractivity contribution is -0.133. The zero-order chi connectivity index (χ0) is 15.0. The summed E-state index contributed by atoms with van der Waals surface area (Å²) in [6.07, 6.45) is 5.43. The van der Waals surface area contributed by atoms with Crippen LogP contribution in [0.15, 0.2) is 0 Å². The van der Waals surface area contributed by atoms with Crippen molar-refractivity contribution in [3.05, 3.63) is 0 Å². The van der Waals surface area contributed by atoms with Crippen molar-refractivity contribution in [2.24, 2.45) is 11.5 Å². The van der Waals surface area contributed by atoms with Crippen LogP contribution < -0.4 is 16.8 Å². The maximum absolute atomic E-state index is 11.9. The first-order valence-corrected chi connectivity index (χ1v) is 7.00. The Kier molecular flexibility index (Phi) is 7.17.